The maximum atomic E-state index is 5.82. The lowest BCUT2D eigenvalue weighted by atomic mass is 10.4. The molecule has 0 spiro atoms. The number of nitrogens with zero attached hydrogens (tertiary/aromatic N) is 3. The Kier molecular flexibility index (Phi) is 12.1. The van der Waals surface area contributed by atoms with Gasteiger partial charge < -0.3 is 15.5 Å². The minimum atomic E-state index is 0. The summed E-state index contributed by atoms with van der Waals surface area (Å²) in [4.78, 5) is 8.55. The molecule has 0 rings (SSSR count). The zero-order valence-electron chi connectivity index (χ0n) is 10.4. The molecule has 0 radical (unpaired) electrons. The fraction of sp³-hybridized carbons (Fsp3) is 0.900. The molecule has 0 aromatic heterocycles. The molecule has 0 aliphatic carbocycles. The summed E-state index contributed by atoms with van der Waals surface area (Å²) in [7, 11) is 4.13. The third-order valence-corrected chi connectivity index (χ3v) is 2.12. The Hall–Kier alpha value is -0.0400. The van der Waals surface area contributed by atoms with Crippen LogP contribution in [-0.4, -0.2) is 56.0 Å². The number of halogens is 1. The van der Waals surface area contributed by atoms with Crippen molar-refractivity contribution >= 4 is 29.9 Å². The van der Waals surface area contributed by atoms with E-state index in [1.54, 1.807) is 0 Å². The molecule has 15 heavy (non-hydrogen) atoms. The Labute approximate surface area is 111 Å². The highest BCUT2D eigenvalue weighted by atomic mass is 127. The first-order valence-electron chi connectivity index (χ1n) is 5.31. The first-order valence-corrected chi connectivity index (χ1v) is 5.31. The predicted molar refractivity (Wildman–Crippen MR) is 78.0 cm³/mol. The second-order valence-corrected chi connectivity index (χ2v) is 3.57. The van der Waals surface area contributed by atoms with Gasteiger partial charge in [-0.3, -0.25) is 4.99 Å². The molecule has 0 aromatic rings. The maximum Gasteiger partial charge on any atom is 0.191 e. The molecule has 0 aliphatic heterocycles. The van der Waals surface area contributed by atoms with Gasteiger partial charge in [-0.1, -0.05) is 0 Å². The van der Waals surface area contributed by atoms with Gasteiger partial charge in [-0.15, -0.1) is 24.0 Å². The third-order valence-electron chi connectivity index (χ3n) is 2.12. The summed E-state index contributed by atoms with van der Waals surface area (Å²) in [5.74, 6) is 0.675. The summed E-state index contributed by atoms with van der Waals surface area (Å²) in [5, 5.41) is 0. The number of rotatable bonds is 6. The largest absolute Gasteiger partial charge is 0.370 e. The zero-order chi connectivity index (χ0) is 11.0. The number of aliphatic imine (C=N–C) groups is 1. The normalized spacial score (nSPS) is 11.4. The van der Waals surface area contributed by atoms with Crippen LogP contribution in [0, 0.1) is 0 Å². The molecule has 0 saturated carbocycles. The smallest absolute Gasteiger partial charge is 0.191 e. The van der Waals surface area contributed by atoms with E-state index in [0.29, 0.717) is 5.96 Å². The molecule has 0 unspecified atom stereocenters. The first kappa shape index (κ1) is 17.4. The average Bonchev–Trinajstić information content (AvgIpc) is 2.14. The number of hydrogen-bond acceptors (Lipinski definition) is 2. The highest BCUT2D eigenvalue weighted by Crippen LogP contribution is 1.89. The van der Waals surface area contributed by atoms with E-state index in [2.05, 4.69) is 42.7 Å². The first-order chi connectivity index (χ1) is 6.61. The summed E-state index contributed by atoms with van der Waals surface area (Å²) < 4.78 is 0. The number of hydrogen-bond donors (Lipinski definition) is 1. The van der Waals surface area contributed by atoms with E-state index in [0.717, 1.165) is 32.6 Å². The second-order valence-electron chi connectivity index (χ2n) is 3.57. The van der Waals surface area contributed by atoms with Crippen molar-refractivity contribution in [3.05, 3.63) is 0 Å². The SMILES string of the molecule is CCN(CC)C(N)=NCCCN(C)C.I. The summed E-state index contributed by atoms with van der Waals surface area (Å²) in [5.41, 5.74) is 5.82. The van der Waals surface area contributed by atoms with Gasteiger partial charge in [0.1, 0.15) is 0 Å². The average molecular weight is 328 g/mol. The summed E-state index contributed by atoms with van der Waals surface area (Å²) in [6, 6.07) is 0. The van der Waals surface area contributed by atoms with E-state index >= 15 is 0 Å². The molecule has 5 heteroatoms. The standard InChI is InChI=1S/C10H24N4.HI/c1-5-14(6-2)10(11)12-8-7-9-13(3)4;/h5-9H2,1-4H3,(H2,11,12);1H. The molecule has 0 aromatic carbocycles. The van der Waals surface area contributed by atoms with Gasteiger partial charge in [0.05, 0.1) is 0 Å². The third kappa shape index (κ3) is 8.92. The van der Waals surface area contributed by atoms with Gasteiger partial charge in [0.2, 0.25) is 0 Å². The van der Waals surface area contributed by atoms with Crippen LogP contribution in [0.1, 0.15) is 20.3 Å². The number of nitrogens with two attached hydrogens (primary N) is 1. The molecule has 4 nitrogen and oxygen atoms in total. The Bertz CT molecular complexity index is 167. The monoisotopic (exact) mass is 328 g/mol. The lowest BCUT2D eigenvalue weighted by Gasteiger charge is -2.19. The van der Waals surface area contributed by atoms with Crippen LogP contribution in [0.3, 0.4) is 0 Å². The van der Waals surface area contributed by atoms with Gasteiger partial charge in [0.15, 0.2) is 5.96 Å². The van der Waals surface area contributed by atoms with E-state index in [9.17, 15) is 0 Å². The highest BCUT2D eigenvalue weighted by molar-refractivity contribution is 14.0. The fourth-order valence-electron chi connectivity index (χ4n) is 1.23. The minimum absolute atomic E-state index is 0. The van der Waals surface area contributed by atoms with Crippen LogP contribution in [0.2, 0.25) is 0 Å². The number of guanidine groups is 1. The molecule has 0 heterocycles. The maximum absolute atomic E-state index is 5.82. The molecule has 0 saturated heterocycles. The minimum Gasteiger partial charge on any atom is -0.370 e. The van der Waals surface area contributed by atoms with E-state index in [1.165, 1.54) is 0 Å². The van der Waals surface area contributed by atoms with Gasteiger partial charge in [0.25, 0.3) is 0 Å². The van der Waals surface area contributed by atoms with Crippen molar-refractivity contribution in [1.82, 2.24) is 9.80 Å². The van der Waals surface area contributed by atoms with Crippen molar-refractivity contribution < 1.29 is 0 Å². The zero-order valence-corrected chi connectivity index (χ0v) is 12.7. The van der Waals surface area contributed by atoms with Crippen LogP contribution in [0.4, 0.5) is 0 Å². The molecular formula is C10H25IN4. The van der Waals surface area contributed by atoms with Crippen LogP contribution in [0.25, 0.3) is 0 Å². The van der Waals surface area contributed by atoms with Crippen LogP contribution in [0.5, 0.6) is 0 Å². The Balaban J connectivity index is 0. The molecule has 0 atom stereocenters. The highest BCUT2D eigenvalue weighted by Gasteiger charge is 2.00. The molecule has 92 valence electrons. The van der Waals surface area contributed by atoms with Crippen molar-refractivity contribution in [3.8, 4) is 0 Å². The molecule has 0 amide bonds. The van der Waals surface area contributed by atoms with E-state index < -0.39 is 0 Å². The van der Waals surface area contributed by atoms with Crippen LogP contribution >= 0.6 is 24.0 Å². The predicted octanol–water partition coefficient (Wildman–Crippen LogP) is 1.21. The Morgan fingerprint density at radius 2 is 1.73 bits per heavy atom. The lowest BCUT2D eigenvalue weighted by molar-refractivity contribution is 0.401. The quantitative estimate of drug-likeness (QED) is 0.345. The van der Waals surface area contributed by atoms with E-state index in [4.69, 9.17) is 5.73 Å². The van der Waals surface area contributed by atoms with Crippen molar-refractivity contribution in [2.45, 2.75) is 20.3 Å². The fourth-order valence-corrected chi connectivity index (χ4v) is 1.23. The van der Waals surface area contributed by atoms with Crippen LogP contribution in [0.15, 0.2) is 4.99 Å². The molecule has 0 aliphatic rings. The van der Waals surface area contributed by atoms with Gasteiger partial charge in [-0.2, -0.15) is 0 Å². The summed E-state index contributed by atoms with van der Waals surface area (Å²) in [6.45, 7) is 7.92. The van der Waals surface area contributed by atoms with Gasteiger partial charge in [-0.05, 0) is 40.9 Å². The summed E-state index contributed by atoms with van der Waals surface area (Å²) in [6.07, 6.45) is 1.06. The van der Waals surface area contributed by atoms with Crippen molar-refractivity contribution in [1.29, 1.82) is 0 Å². The van der Waals surface area contributed by atoms with Crippen LogP contribution in [-0.2, 0) is 0 Å². The molecule has 0 bridgehead atoms. The second kappa shape index (κ2) is 10.5. The van der Waals surface area contributed by atoms with E-state index in [1.807, 2.05) is 0 Å². The summed E-state index contributed by atoms with van der Waals surface area (Å²) >= 11 is 0. The van der Waals surface area contributed by atoms with E-state index in [-0.39, 0.29) is 24.0 Å². The Morgan fingerprint density at radius 1 is 1.20 bits per heavy atom. The van der Waals surface area contributed by atoms with Gasteiger partial charge in [-0.25, -0.2) is 0 Å². The molecular weight excluding hydrogens is 303 g/mol. The lowest BCUT2D eigenvalue weighted by Crippen LogP contribution is -2.37. The molecule has 2 N–H and O–H groups in total. The van der Waals surface area contributed by atoms with Crippen molar-refractivity contribution in [2.75, 3.05) is 40.3 Å². The molecule has 0 fully saturated rings. The topological polar surface area (TPSA) is 44.9 Å². The van der Waals surface area contributed by atoms with Gasteiger partial charge in [0, 0.05) is 19.6 Å². The van der Waals surface area contributed by atoms with Crippen molar-refractivity contribution in [2.24, 2.45) is 10.7 Å². The van der Waals surface area contributed by atoms with Crippen LogP contribution < -0.4 is 5.73 Å². The Morgan fingerprint density at radius 3 is 2.13 bits per heavy atom. The van der Waals surface area contributed by atoms with Gasteiger partial charge >= 0.3 is 0 Å². The van der Waals surface area contributed by atoms with Crippen molar-refractivity contribution in [3.63, 3.8) is 0 Å².